The smallest absolute Gasteiger partial charge is 0.259 e. The molecule has 3 heterocycles. The SMILES string of the molecule is CC(CN(C(=O)c1ccc(C#N)cc1)c1ccccn1)N1CCN(C2=COC(C3=CC=CCC3)=CO2)CC1. The van der Waals surface area contributed by atoms with E-state index in [1.165, 1.54) is 0 Å². The predicted molar refractivity (Wildman–Crippen MR) is 144 cm³/mol. The maximum atomic E-state index is 13.5. The Morgan fingerprint density at radius 1 is 1.11 bits per heavy atom. The molecule has 1 fully saturated rings. The number of rotatable bonds is 7. The minimum absolute atomic E-state index is 0.108. The van der Waals surface area contributed by atoms with Crippen LogP contribution in [0, 0.1) is 11.3 Å². The van der Waals surface area contributed by atoms with Crippen LogP contribution in [0.5, 0.6) is 0 Å². The summed E-state index contributed by atoms with van der Waals surface area (Å²) < 4.78 is 11.8. The van der Waals surface area contributed by atoms with Crippen molar-refractivity contribution in [2.24, 2.45) is 0 Å². The van der Waals surface area contributed by atoms with Crippen molar-refractivity contribution >= 4 is 11.7 Å². The number of carbonyl (C=O) groups excluding carboxylic acids is 1. The number of nitriles is 1. The third kappa shape index (κ3) is 5.79. The summed E-state index contributed by atoms with van der Waals surface area (Å²) in [6.45, 7) is 5.87. The molecule has 0 bridgehead atoms. The number of benzene rings is 1. The van der Waals surface area contributed by atoms with Gasteiger partial charge >= 0.3 is 0 Å². The van der Waals surface area contributed by atoms with Crippen LogP contribution < -0.4 is 4.90 Å². The van der Waals surface area contributed by atoms with E-state index >= 15 is 0 Å². The second-order valence-electron chi connectivity index (χ2n) is 9.50. The van der Waals surface area contributed by atoms with Gasteiger partial charge in [-0.15, -0.1) is 0 Å². The molecule has 1 aliphatic carbocycles. The second kappa shape index (κ2) is 11.8. The van der Waals surface area contributed by atoms with E-state index in [9.17, 15) is 4.79 Å². The Morgan fingerprint density at radius 3 is 2.55 bits per heavy atom. The molecule has 1 unspecified atom stereocenters. The second-order valence-corrected chi connectivity index (χ2v) is 9.50. The highest BCUT2D eigenvalue weighted by Crippen LogP contribution is 2.27. The number of piperazine rings is 1. The predicted octanol–water partition coefficient (Wildman–Crippen LogP) is 4.57. The van der Waals surface area contributed by atoms with E-state index in [1.807, 2.05) is 18.2 Å². The number of hydrogen-bond acceptors (Lipinski definition) is 7. The van der Waals surface area contributed by atoms with Gasteiger partial charge in [0, 0.05) is 50.5 Å². The van der Waals surface area contributed by atoms with E-state index in [0.29, 0.717) is 23.5 Å². The fourth-order valence-electron chi connectivity index (χ4n) is 4.79. The first-order valence-corrected chi connectivity index (χ1v) is 12.9. The Balaban J connectivity index is 1.20. The molecular formula is C30H31N5O3. The summed E-state index contributed by atoms with van der Waals surface area (Å²) in [5.41, 5.74) is 2.20. The van der Waals surface area contributed by atoms with Gasteiger partial charge in [-0.05, 0) is 61.7 Å². The van der Waals surface area contributed by atoms with Gasteiger partial charge in [-0.2, -0.15) is 5.26 Å². The van der Waals surface area contributed by atoms with Crippen molar-refractivity contribution in [1.29, 1.82) is 5.26 Å². The molecule has 2 aromatic rings. The number of hydrogen-bond donors (Lipinski definition) is 0. The van der Waals surface area contributed by atoms with E-state index in [2.05, 4.69) is 46.0 Å². The summed E-state index contributed by atoms with van der Waals surface area (Å²) >= 11 is 0. The van der Waals surface area contributed by atoms with Crippen molar-refractivity contribution in [2.45, 2.75) is 25.8 Å². The van der Waals surface area contributed by atoms with Gasteiger partial charge in [0.2, 0.25) is 5.88 Å². The zero-order chi connectivity index (χ0) is 26.3. The minimum atomic E-state index is -0.136. The van der Waals surface area contributed by atoms with Gasteiger partial charge in [0.15, 0.2) is 12.0 Å². The number of aromatic nitrogens is 1. The highest BCUT2D eigenvalue weighted by Gasteiger charge is 2.28. The average molecular weight is 510 g/mol. The Labute approximate surface area is 223 Å². The van der Waals surface area contributed by atoms with Crippen LogP contribution in [0.15, 0.2) is 96.6 Å². The Morgan fingerprint density at radius 2 is 1.92 bits per heavy atom. The molecule has 1 amide bonds. The monoisotopic (exact) mass is 509 g/mol. The van der Waals surface area contributed by atoms with Crippen molar-refractivity contribution in [3.63, 3.8) is 0 Å². The molecule has 194 valence electrons. The van der Waals surface area contributed by atoms with Crippen molar-refractivity contribution in [2.75, 3.05) is 37.6 Å². The number of pyridine rings is 1. The third-order valence-corrected chi connectivity index (χ3v) is 7.03. The zero-order valence-electron chi connectivity index (χ0n) is 21.5. The molecule has 2 aliphatic heterocycles. The highest BCUT2D eigenvalue weighted by atomic mass is 16.6. The van der Waals surface area contributed by atoms with Gasteiger partial charge < -0.3 is 14.4 Å². The lowest BCUT2D eigenvalue weighted by molar-refractivity contribution is 0.0690. The molecule has 0 radical (unpaired) electrons. The summed E-state index contributed by atoms with van der Waals surface area (Å²) in [6.07, 6.45) is 13.3. The first-order chi connectivity index (χ1) is 18.6. The van der Waals surface area contributed by atoms with Crippen LogP contribution in [0.3, 0.4) is 0 Å². The fraction of sp³-hybridized carbons (Fsp3) is 0.300. The van der Waals surface area contributed by atoms with Crippen LogP contribution in [0.2, 0.25) is 0 Å². The number of allylic oxidation sites excluding steroid dienone is 4. The molecule has 5 rings (SSSR count). The van der Waals surface area contributed by atoms with Crippen LogP contribution in [0.4, 0.5) is 5.82 Å². The standard InChI is InChI=1S/C30H31N5O3/c1-23(20-35(28-9-5-6-14-32-28)30(36)26-12-10-24(19-31)11-13-26)33-15-17-34(18-16-33)29-22-37-27(21-38-29)25-7-3-2-4-8-25/h2-3,5-7,9-14,21-23H,4,8,15-18,20H2,1H3. The molecule has 1 aromatic heterocycles. The van der Waals surface area contributed by atoms with Gasteiger partial charge in [0.05, 0.1) is 11.6 Å². The van der Waals surface area contributed by atoms with Gasteiger partial charge in [-0.3, -0.25) is 14.6 Å². The van der Waals surface area contributed by atoms with Crippen LogP contribution >= 0.6 is 0 Å². The summed E-state index contributed by atoms with van der Waals surface area (Å²) in [5.74, 6) is 1.96. The fourth-order valence-corrected chi connectivity index (χ4v) is 4.79. The summed E-state index contributed by atoms with van der Waals surface area (Å²) in [4.78, 5) is 24.2. The van der Waals surface area contributed by atoms with Crippen LogP contribution in [-0.2, 0) is 9.47 Å². The van der Waals surface area contributed by atoms with Gasteiger partial charge in [0.1, 0.15) is 12.1 Å². The molecule has 0 spiro atoms. The van der Waals surface area contributed by atoms with E-state index in [1.54, 1.807) is 47.9 Å². The molecule has 1 atom stereocenters. The number of ether oxygens (including phenoxy) is 2. The quantitative estimate of drug-likeness (QED) is 0.541. The number of anilines is 1. The largest absolute Gasteiger partial charge is 0.456 e. The number of carbonyl (C=O) groups is 1. The molecule has 8 heteroatoms. The van der Waals surface area contributed by atoms with Crippen LogP contribution in [-0.4, -0.2) is 59.5 Å². The average Bonchev–Trinajstić information content (AvgIpc) is 3.00. The van der Waals surface area contributed by atoms with Crippen LogP contribution in [0.1, 0.15) is 35.7 Å². The molecular weight excluding hydrogens is 478 g/mol. The molecule has 1 saturated heterocycles. The summed E-state index contributed by atoms with van der Waals surface area (Å²) in [6, 6.07) is 14.5. The highest BCUT2D eigenvalue weighted by molar-refractivity contribution is 6.05. The molecule has 0 saturated carbocycles. The number of nitrogens with zero attached hydrogens (tertiary/aromatic N) is 5. The van der Waals surface area contributed by atoms with Gasteiger partial charge in [-0.25, -0.2) is 4.98 Å². The maximum Gasteiger partial charge on any atom is 0.259 e. The van der Waals surface area contributed by atoms with Crippen molar-refractivity contribution in [3.05, 3.63) is 108 Å². The normalized spacial score (nSPS) is 18.2. The molecule has 3 aliphatic rings. The van der Waals surface area contributed by atoms with E-state index in [0.717, 1.165) is 56.2 Å². The summed E-state index contributed by atoms with van der Waals surface area (Å²) in [5, 5.41) is 9.10. The minimum Gasteiger partial charge on any atom is -0.456 e. The molecule has 38 heavy (non-hydrogen) atoms. The topological polar surface area (TPSA) is 81.9 Å². The Kier molecular flexibility index (Phi) is 7.86. The third-order valence-electron chi connectivity index (χ3n) is 7.03. The zero-order valence-corrected chi connectivity index (χ0v) is 21.5. The van der Waals surface area contributed by atoms with Crippen molar-refractivity contribution < 1.29 is 14.3 Å². The van der Waals surface area contributed by atoms with Crippen molar-refractivity contribution in [3.8, 4) is 6.07 Å². The first-order valence-electron chi connectivity index (χ1n) is 12.9. The van der Waals surface area contributed by atoms with Gasteiger partial charge in [-0.1, -0.05) is 24.3 Å². The molecule has 8 nitrogen and oxygen atoms in total. The van der Waals surface area contributed by atoms with Crippen LogP contribution in [0.25, 0.3) is 0 Å². The van der Waals surface area contributed by atoms with E-state index in [4.69, 9.17) is 14.7 Å². The lowest BCUT2D eigenvalue weighted by atomic mass is 10.0. The number of amides is 1. The van der Waals surface area contributed by atoms with Gasteiger partial charge in [0.25, 0.3) is 5.91 Å². The maximum absolute atomic E-state index is 13.5. The Hall–Kier alpha value is -4.35. The van der Waals surface area contributed by atoms with Crippen molar-refractivity contribution in [1.82, 2.24) is 14.8 Å². The lowest BCUT2D eigenvalue weighted by Gasteiger charge is -2.40. The Bertz CT molecular complexity index is 1300. The molecule has 1 aromatic carbocycles. The molecule has 0 N–H and O–H groups in total. The van der Waals surface area contributed by atoms with E-state index < -0.39 is 0 Å². The first kappa shape index (κ1) is 25.3. The summed E-state index contributed by atoms with van der Waals surface area (Å²) in [7, 11) is 0. The lowest BCUT2D eigenvalue weighted by Crippen LogP contribution is -2.53. The van der Waals surface area contributed by atoms with E-state index in [-0.39, 0.29) is 11.9 Å².